The van der Waals surface area contributed by atoms with Crippen molar-refractivity contribution in [1.29, 1.82) is 0 Å². The van der Waals surface area contributed by atoms with E-state index >= 15 is 0 Å². The van der Waals surface area contributed by atoms with Crippen LogP contribution in [0.2, 0.25) is 5.02 Å². The number of fused-ring (bicyclic) bond motifs is 1. The van der Waals surface area contributed by atoms with Crippen LogP contribution in [-0.4, -0.2) is 36.8 Å². The van der Waals surface area contributed by atoms with Crippen molar-refractivity contribution in [2.45, 2.75) is 33.7 Å². The first kappa shape index (κ1) is 16.4. The molecular formula is C16H19ClN6O. The largest absolute Gasteiger partial charge is 0.348 e. The van der Waals surface area contributed by atoms with Crippen LogP contribution >= 0.6 is 11.6 Å². The summed E-state index contributed by atoms with van der Waals surface area (Å²) in [6.45, 7) is 8.26. The van der Waals surface area contributed by atoms with Gasteiger partial charge in [-0.2, -0.15) is 10.2 Å². The van der Waals surface area contributed by atoms with Crippen LogP contribution in [0.15, 0.2) is 18.5 Å². The van der Waals surface area contributed by atoms with Crippen molar-refractivity contribution in [1.82, 2.24) is 29.7 Å². The third-order valence-corrected chi connectivity index (χ3v) is 4.13. The van der Waals surface area contributed by atoms with E-state index in [2.05, 4.69) is 20.5 Å². The fourth-order valence-corrected chi connectivity index (χ4v) is 2.91. The smallest absolute Gasteiger partial charge is 0.273 e. The summed E-state index contributed by atoms with van der Waals surface area (Å²) in [6.07, 6.45) is 3.47. The topological polar surface area (TPSA) is 77.1 Å². The van der Waals surface area contributed by atoms with Gasteiger partial charge in [-0.3, -0.25) is 9.48 Å². The maximum absolute atomic E-state index is 12.4. The van der Waals surface area contributed by atoms with E-state index in [1.54, 1.807) is 12.4 Å². The molecule has 1 atom stereocenters. The zero-order valence-electron chi connectivity index (χ0n) is 14.0. The molecule has 0 saturated carbocycles. The average Bonchev–Trinajstić information content (AvgIpc) is 3.04. The van der Waals surface area contributed by atoms with Crippen molar-refractivity contribution in [2.24, 2.45) is 0 Å². The van der Waals surface area contributed by atoms with Gasteiger partial charge >= 0.3 is 0 Å². The summed E-state index contributed by atoms with van der Waals surface area (Å²) in [5.74, 6) is -0.323. The SMILES string of the molecule is Cc1cnc2c(Cl)c(C(=O)NC[C@@H](C)n3nc(C)cc3C)nn2c1. The van der Waals surface area contributed by atoms with Gasteiger partial charge in [0.25, 0.3) is 5.91 Å². The number of nitrogens with one attached hydrogen (secondary N) is 1. The summed E-state index contributed by atoms with van der Waals surface area (Å²) in [7, 11) is 0. The Bertz CT molecular complexity index is 913. The number of rotatable bonds is 4. The second kappa shape index (κ2) is 6.24. The van der Waals surface area contributed by atoms with E-state index in [9.17, 15) is 4.79 Å². The van der Waals surface area contributed by atoms with E-state index < -0.39 is 0 Å². The van der Waals surface area contributed by atoms with E-state index in [-0.39, 0.29) is 22.7 Å². The Kier molecular flexibility index (Phi) is 4.28. The Morgan fingerprint density at radius 3 is 2.75 bits per heavy atom. The van der Waals surface area contributed by atoms with E-state index in [1.807, 2.05) is 38.4 Å². The highest BCUT2D eigenvalue weighted by molar-refractivity contribution is 6.36. The molecule has 0 radical (unpaired) electrons. The lowest BCUT2D eigenvalue weighted by molar-refractivity contribution is 0.0942. The van der Waals surface area contributed by atoms with E-state index in [0.29, 0.717) is 12.2 Å². The van der Waals surface area contributed by atoms with Crippen LogP contribution in [0.5, 0.6) is 0 Å². The molecule has 3 aromatic rings. The number of hydrogen-bond donors (Lipinski definition) is 1. The zero-order chi connectivity index (χ0) is 17.4. The molecule has 0 saturated heterocycles. The molecule has 3 aromatic heterocycles. The number of aromatic nitrogens is 5. The van der Waals surface area contributed by atoms with Crippen molar-refractivity contribution in [2.75, 3.05) is 6.54 Å². The Morgan fingerprint density at radius 2 is 2.08 bits per heavy atom. The second-order valence-corrected chi connectivity index (χ2v) is 6.37. The van der Waals surface area contributed by atoms with Gasteiger partial charge in [0.15, 0.2) is 11.3 Å². The van der Waals surface area contributed by atoms with E-state index in [0.717, 1.165) is 17.0 Å². The maximum atomic E-state index is 12.4. The fraction of sp³-hybridized carbons (Fsp3) is 0.375. The van der Waals surface area contributed by atoms with E-state index in [1.165, 1.54) is 4.52 Å². The quantitative estimate of drug-likeness (QED) is 0.787. The van der Waals surface area contributed by atoms with Crippen LogP contribution in [0.4, 0.5) is 0 Å². The average molecular weight is 347 g/mol. The lowest BCUT2D eigenvalue weighted by Crippen LogP contribution is -2.30. The van der Waals surface area contributed by atoms with Gasteiger partial charge in [-0.25, -0.2) is 9.50 Å². The number of nitrogens with zero attached hydrogens (tertiary/aromatic N) is 5. The highest BCUT2D eigenvalue weighted by Gasteiger charge is 2.20. The lowest BCUT2D eigenvalue weighted by Gasteiger charge is -2.14. The molecule has 0 fully saturated rings. The molecule has 0 bridgehead atoms. The predicted molar refractivity (Wildman–Crippen MR) is 91.5 cm³/mol. The second-order valence-electron chi connectivity index (χ2n) is 5.99. The molecule has 0 unspecified atom stereocenters. The molecule has 1 amide bonds. The summed E-state index contributed by atoms with van der Waals surface area (Å²) < 4.78 is 3.42. The highest BCUT2D eigenvalue weighted by atomic mass is 35.5. The van der Waals surface area contributed by atoms with Crippen molar-refractivity contribution in [3.05, 3.63) is 46.1 Å². The van der Waals surface area contributed by atoms with Crippen molar-refractivity contribution in [3.8, 4) is 0 Å². The fourth-order valence-electron chi connectivity index (χ4n) is 2.65. The summed E-state index contributed by atoms with van der Waals surface area (Å²) in [4.78, 5) is 16.6. The Hall–Kier alpha value is -2.41. The number of carbonyl (C=O) groups is 1. The Morgan fingerprint density at radius 1 is 1.33 bits per heavy atom. The monoisotopic (exact) mass is 346 g/mol. The molecule has 3 rings (SSSR count). The van der Waals surface area contributed by atoms with Crippen molar-refractivity contribution in [3.63, 3.8) is 0 Å². The minimum Gasteiger partial charge on any atom is -0.348 e. The molecular weight excluding hydrogens is 328 g/mol. The lowest BCUT2D eigenvalue weighted by atomic mass is 10.3. The molecule has 0 spiro atoms. The zero-order valence-corrected chi connectivity index (χ0v) is 14.8. The van der Waals surface area contributed by atoms with Gasteiger partial charge in [0, 0.05) is 24.6 Å². The van der Waals surface area contributed by atoms with Crippen LogP contribution in [0.3, 0.4) is 0 Å². The van der Waals surface area contributed by atoms with Crippen molar-refractivity contribution >= 4 is 23.2 Å². The number of halogens is 1. The molecule has 8 heteroatoms. The third kappa shape index (κ3) is 2.99. The summed E-state index contributed by atoms with van der Waals surface area (Å²) in [5.41, 5.74) is 3.59. The van der Waals surface area contributed by atoms with Crippen LogP contribution in [0.25, 0.3) is 5.65 Å². The van der Waals surface area contributed by atoms with Gasteiger partial charge in [-0.05, 0) is 39.3 Å². The van der Waals surface area contributed by atoms with Gasteiger partial charge in [0.1, 0.15) is 5.02 Å². The number of aryl methyl sites for hydroxylation is 3. The molecule has 1 N–H and O–H groups in total. The van der Waals surface area contributed by atoms with Gasteiger partial charge in [-0.15, -0.1) is 0 Å². The molecule has 0 aromatic carbocycles. The normalized spacial score (nSPS) is 12.5. The first-order valence-corrected chi connectivity index (χ1v) is 8.06. The first-order chi connectivity index (χ1) is 11.4. The molecule has 0 aliphatic rings. The minimum absolute atomic E-state index is 0.0267. The van der Waals surface area contributed by atoms with E-state index in [4.69, 9.17) is 11.6 Å². The van der Waals surface area contributed by atoms with Gasteiger partial charge in [0.05, 0.1) is 11.7 Å². The van der Waals surface area contributed by atoms with Gasteiger partial charge in [0.2, 0.25) is 0 Å². The molecule has 126 valence electrons. The Labute approximate surface area is 144 Å². The molecule has 24 heavy (non-hydrogen) atoms. The van der Waals surface area contributed by atoms with Gasteiger partial charge < -0.3 is 5.32 Å². The number of hydrogen-bond acceptors (Lipinski definition) is 4. The number of carbonyl (C=O) groups excluding carboxylic acids is 1. The van der Waals surface area contributed by atoms with Gasteiger partial charge in [-0.1, -0.05) is 11.6 Å². The predicted octanol–water partition coefficient (Wildman–Crippen LogP) is 2.50. The third-order valence-electron chi connectivity index (χ3n) is 3.78. The van der Waals surface area contributed by atoms with Crippen LogP contribution in [0.1, 0.15) is 40.4 Å². The minimum atomic E-state index is -0.323. The molecule has 0 aliphatic carbocycles. The Balaban J connectivity index is 1.75. The maximum Gasteiger partial charge on any atom is 0.273 e. The number of amides is 1. The summed E-state index contributed by atoms with van der Waals surface area (Å²) in [5, 5.41) is 11.8. The molecule has 7 nitrogen and oxygen atoms in total. The van der Waals surface area contributed by atoms with Crippen LogP contribution in [0, 0.1) is 20.8 Å². The summed E-state index contributed by atoms with van der Waals surface area (Å²) in [6, 6.07) is 2.03. The van der Waals surface area contributed by atoms with Crippen LogP contribution < -0.4 is 5.32 Å². The standard InChI is InChI=1S/C16H19ClN6O/c1-9-6-18-15-13(17)14(21-22(15)8-9)16(24)19-7-12(4)23-11(3)5-10(2)20-23/h5-6,8,12H,7H2,1-4H3,(H,19,24)/t12-/m1/s1. The molecule has 3 heterocycles. The summed E-state index contributed by atoms with van der Waals surface area (Å²) >= 11 is 6.24. The van der Waals surface area contributed by atoms with Crippen LogP contribution in [-0.2, 0) is 0 Å². The first-order valence-electron chi connectivity index (χ1n) is 7.68. The van der Waals surface area contributed by atoms with Crippen molar-refractivity contribution < 1.29 is 4.79 Å². The highest BCUT2D eigenvalue weighted by Crippen LogP contribution is 2.20. The molecule has 0 aliphatic heterocycles.